The van der Waals surface area contributed by atoms with Gasteiger partial charge in [-0.25, -0.2) is 4.68 Å². The molecular formula is C20H21N3O2. The molecule has 1 amide bonds. The summed E-state index contributed by atoms with van der Waals surface area (Å²) >= 11 is 0. The van der Waals surface area contributed by atoms with Crippen LogP contribution in [0.25, 0.3) is 5.69 Å². The highest BCUT2D eigenvalue weighted by Crippen LogP contribution is 2.25. The van der Waals surface area contributed by atoms with Gasteiger partial charge in [0, 0.05) is 0 Å². The molecule has 3 rings (SSSR count). The van der Waals surface area contributed by atoms with Crippen molar-refractivity contribution in [1.29, 1.82) is 0 Å². The highest BCUT2D eigenvalue weighted by Gasteiger charge is 2.16. The fraction of sp³-hybridized carbons (Fsp3) is 0.200. The van der Waals surface area contributed by atoms with Crippen LogP contribution in [0.4, 0.5) is 5.69 Å². The van der Waals surface area contributed by atoms with E-state index in [2.05, 4.69) is 10.4 Å². The van der Waals surface area contributed by atoms with Gasteiger partial charge in [-0.15, -0.1) is 0 Å². The first-order valence-corrected chi connectivity index (χ1v) is 8.25. The summed E-state index contributed by atoms with van der Waals surface area (Å²) in [4.78, 5) is 12.7. The lowest BCUT2D eigenvalue weighted by molar-refractivity contribution is 0.102. The van der Waals surface area contributed by atoms with E-state index in [1.54, 1.807) is 10.9 Å². The van der Waals surface area contributed by atoms with E-state index in [0.29, 0.717) is 23.6 Å². The minimum absolute atomic E-state index is 0.205. The number of hydrogen-bond donors (Lipinski definition) is 1. The average Bonchev–Trinajstić information content (AvgIpc) is 2.98. The van der Waals surface area contributed by atoms with Gasteiger partial charge >= 0.3 is 0 Å². The van der Waals surface area contributed by atoms with Gasteiger partial charge in [-0.2, -0.15) is 5.10 Å². The van der Waals surface area contributed by atoms with Crippen molar-refractivity contribution in [1.82, 2.24) is 9.78 Å². The van der Waals surface area contributed by atoms with Crippen molar-refractivity contribution in [3.63, 3.8) is 0 Å². The standard InChI is InChI=1S/C20H21N3O2/c1-4-25-19-11-6-5-10-18(19)22-20(24)17-13-21-23(15(17)3)16-9-7-8-14(2)12-16/h5-13H,4H2,1-3H3,(H,22,24). The van der Waals surface area contributed by atoms with E-state index >= 15 is 0 Å². The summed E-state index contributed by atoms with van der Waals surface area (Å²) in [5.74, 6) is 0.450. The maximum absolute atomic E-state index is 12.7. The summed E-state index contributed by atoms with van der Waals surface area (Å²) in [6.07, 6.45) is 1.59. The van der Waals surface area contributed by atoms with Crippen molar-refractivity contribution in [3.8, 4) is 11.4 Å². The lowest BCUT2D eigenvalue weighted by Gasteiger charge is -2.11. The number of aryl methyl sites for hydroxylation is 1. The smallest absolute Gasteiger partial charge is 0.259 e. The van der Waals surface area contributed by atoms with Crippen LogP contribution in [0.2, 0.25) is 0 Å². The topological polar surface area (TPSA) is 56.1 Å². The Balaban J connectivity index is 1.87. The molecule has 0 radical (unpaired) electrons. The molecule has 0 saturated carbocycles. The number of para-hydroxylation sites is 2. The van der Waals surface area contributed by atoms with E-state index in [4.69, 9.17) is 4.74 Å². The van der Waals surface area contributed by atoms with Gasteiger partial charge in [0.1, 0.15) is 5.75 Å². The van der Waals surface area contributed by atoms with Gasteiger partial charge in [-0.1, -0.05) is 24.3 Å². The Labute approximate surface area is 147 Å². The Morgan fingerprint density at radius 1 is 1.16 bits per heavy atom. The monoisotopic (exact) mass is 335 g/mol. The quantitative estimate of drug-likeness (QED) is 0.762. The molecule has 0 aliphatic rings. The molecule has 5 heteroatoms. The molecule has 0 aliphatic carbocycles. The lowest BCUT2D eigenvalue weighted by Crippen LogP contribution is -2.14. The van der Waals surface area contributed by atoms with Gasteiger partial charge in [0.25, 0.3) is 5.91 Å². The van der Waals surface area contributed by atoms with Crippen molar-refractivity contribution in [3.05, 3.63) is 71.5 Å². The highest BCUT2D eigenvalue weighted by molar-refractivity contribution is 6.05. The predicted molar refractivity (Wildman–Crippen MR) is 98.6 cm³/mol. The molecule has 1 N–H and O–H groups in total. The second-order valence-electron chi connectivity index (χ2n) is 5.78. The molecule has 0 aliphatic heterocycles. The number of carbonyl (C=O) groups excluding carboxylic acids is 1. The Bertz CT molecular complexity index is 899. The summed E-state index contributed by atoms with van der Waals surface area (Å²) in [5, 5.41) is 7.28. The molecule has 0 bridgehead atoms. The Morgan fingerprint density at radius 3 is 2.72 bits per heavy atom. The van der Waals surface area contributed by atoms with Gasteiger partial charge in [-0.3, -0.25) is 4.79 Å². The second kappa shape index (κ2) is 7.21. The summed E-state index contributed by atoms with van der Waals surface area (Å²) < 4.78 is 7.33. The molecule has 0 spiro atoms. The molecule has 3 aromatic rings. The third-order valence-corrected chi connectivity index (χ3v) is 3.94. The van der Waals surface area contributed by atoms with E-state index in [-0.39, 0.29) is 5.91 Å². The first-order chi connectivity index (χ1) is 12.1. The minimum Gasteiger partial charge on any atom is -0.492 e. The number of amides is 1. The first-order valence-electron chi connectivity index (χ1n) is 8.25. The van der Waals surface area contributed by atoms with Crippen molar-refractivity contribution < 1.29 is 9.53 Å². The summed E-state index contributed by atoms with van der Waals surface area (Å²) in [6, 6.07) is 15.4. The number of carbonyl (C=O) groups is 1. The van der Waals surface area contributed by atoms with Gasteiger partial charge < -0.3 is 10.1 Å². The van der Waals surface area contributed by atoms with Crippen LogP contribution < -0.4 is 10.1 Å². The zero-order chi connectivity index (χ0) is 17.8. The fourth-order valence-corrected chi connectivity index (χ4v) is 2.69. The molecule has 2 aromatic carbocycles. The Kier molecular flexibility index (Phi) is 4.84. The second-order valence-corrected chi connectivity index (χ2v) is 5.78. The molecule has 1 heterocycles. The van der Waals surface area contributed by atoms with Gasteiger partial charge in [0.05, 0.1) is 35.4 Å². The van der Waals surface area contributed by atoms with Crippen molar-refractivity contribution in [2.75, 3.05) is 11.9 Å². The molecule has 128 valence electrons. The summed E-state index contributed by atoms with van der Waals surface area (Å²) in [5.41, 5.74) is 4.05. The normalized spacial score (nSPS) is 10.5. The SMILES string of the molecule is CCOc1ccccc1NC(=O)c1cnn(-c2cccc(C)c2)c1C. The maximum atomic E-state index is 12.7. The van der Waals surface area contributed by atoms with E-state index in [1.165, 1.54) is 0 Å². The number of ether oxygens (including phenoxy) is 1. The molecule has 1 aromatic heterocycles. The number of benzene rings is 2. The van der Waals surface area contributed by atoms with Crippen LogP contribution >= 0.6 is 0 Å². The number of rotatable bonds is 5. The number of anilines is 1. The van der Waals surface area contributed by atoms with Crippen molar-refractivity contribution in [2.45, 2.75) is 20.8 Å². The van der Waals surface area contributed by atoms with Crippen molar-refractivity contribution >= 4 is 11.6 Å². The molecule has 25 heavy (non-hydrogen) atoms. The highest BCUT2D eigenvalue weighted by atomic mass is 16.5. The van der Waals surface area contributed by atoms with Gasteiger partial charge in [0.15, 0.2) is 0 Å². The lowest BCUT2D eigenvalue weighted by atomic mass is 10.2. The zero-order valence-electron chi connectivity index (χ0n) is 14.6. The van der Waals surface area contributed by atoms with Crippen LogP contribution in [0.5, 0.6) is 5.75 Å². The minimum atomic E-state index is -0.205. The Hall–Kier alpha value is -3.08. The van der Waals surface area contributed by atoms with E-state index in [9.17, 15) is 4.79 Å². The van der Waals surface area contributed by atoms with Gasteiger partial charge in [-0.05, 0) is 50.6 Å². The molecule has 0 unspecified atom stereocenters. The van der Waals surface area contributed by atoms with Crippen LogP contribution in [-0.2, 0) is 0 Å². The number of hydrogen-bond acceptors (Lipinski definition) is 3. The van der Waals surface area contributed by atoms with E-state index < -0.39 is 0 Å². The zero-order valence-corrected chi connectivity index (χ0v) is 14.6. The van der Waals surface area contributed by atoms with E-state index in [1.807, 2.05) is 69.3 Å². The molecule has 5 nitrogen and oxygen atoms in total. The molecule has 0 atom stereocenters. The summed E-state index contributed by atoms with van der Waals surface area (Å²) in [6.45, 7) is 6.37. The fourth-order valence-electron chi connectivity index (χ4n) is 2.69. The number of nitrogens with one attached hydrogen (secondary N) is 1. The predicted octanol–water partition coefficient (Wildman–Crippen LogP) is 4.14. The molecule has 0 fully saturated rings. The summed E-state index contributed by atoms with van der Waals surface area (Å²) in [7, 11) is 0. The first kappa shape index (κ1) is 16.8. The Morgan fingerprint density at radius 2 is 1.96 bits per heavy atom. The third-order valence-electron chi connectivity index (χ3n) is 3.94. The van der Waals surface area contributed by atoms with Crippen LogP contribution in [0, 0.1) is 13.8 Å². The largest absolute Gasteiger partial charge is 0.492 e. The number of aromatic nitrogens is 2. The van der Waals surface area contributed by atoms with E-state index in [0.717, 1.165) is 16.9 Å². The molecule has 0 saturated heterocycles. The third kappa shape index (κ3) is 3.55. The van der Waals surface area contributed by atoms with Crippen LogP contribution in [0.3, 0.4) is 0 Å². The van der Waals surface area contributed by atoms with Crippen LogP contribution in [-0.4, -0.2) is 22.3 Å². The average molecular weight is 335 g/mol. The maximum Gasteiger partial charge on any atom is 0.259 e. The van der Waals surface area contributed by atoms with Crippen LogP contribution in [0.1, 0.15) is 28.5 Å². The number of nitrogens with zero attached hydrogens (tertiary/aromatic N) is 2. The molecular weight excluding hydrogens is 314 g/mol. The van der Waals surface area contributed by atoms with Crippen molar-refractivity contribution in [2.24, 2.45) is 0 Å². The van der Waals surface area contributed by atoms with Crippen LogP contribution in [0.15, 0.2) is 54.7 Å². The van der Waals surface area contributed by atoms with Gasteiger partial charge in [0.2, 0.25) is 0 Å².